The van der Waals surface area contributed by atoms with Crippen LogP contribution in [0.5, 0.6) is 23.0 Å². The number of hydrogen-bond acceptors (Lipinski definition) is 6. The van der Waals surface area contributed by atoms with E-state index in [4.69, 9.17) is 18.9 Å². The van der Waals surface area contributed by atoms with Crippen LogP contribution in [0.4, 0.5) is 0 Å². The summed E-state index contributed by atoms with van der Waals surface area (Å²) in [7, 11) is 1.59. The summed E-state index contributed by atoms with van der Waals surface area (Å²) in [6.07, 6.45) is 0.761. The van der Waals surface area contributed by atoms with Crippen LogP contribution in [0.3, 0.4) is 0 Å². The molecule has 3 aromatic rings. The highest BCUT2D eigenvalue weighted by Gasteiger charge is 2.26. The predicted octanol–water partition coefficient (Wildman–Crippen LogP) is 3.56. The fraction of sp³-hybridized carbons (Fsp3) is 0.167. The molecule has 7 heteroatoms. The Labute approximate surface area is 180 Å². The van der Waals surface area contributed by atoms with Gasteiger partial charge in [-0.3, -0.25) is 4.79 Å². The number of nitrogens with one attached hydrogen (secondary N) is 1. The van der Waals surface area contributed by atoms with Crippen molar-refractivity contribution in [2.75, 3.05) is 13.7 Å². The summed E-state index contributed by atoms with van der Waals surface area (Å²) in [5.41, 5.74) is 4.28. The standard InChI is InChI=1S/C24H22N2O5/c1-28-19-12-11-18(13-22(19)29-15-17-7-3-2-4-8-17)14-25-26-24(27)23-16-30-20-9-5-6-10-21(20)31-23/h2-14,23H,15-16H2,1H3,(H,26,27). The monoisotopic (exact) mass is 418 g/mol. The minimum Gasteiger partial charge on any atom is -0.493 e. The van der Waals surface area contributed by atoms with Gasteiger partial charge in [0, 0.05) is 0 Å². The highest BCUT2D eigenvalue weighted by Crippen LogP contribution is 2.31. The molecule has 1 aliphatic heterocycles. The summed E-state index contributed by atoms with van der Waals surface area (Å²) in [5.74, 6) is 1.97. The third kappa shape index (κ3) is 5.14. The van der Waals surface area contributed by atoms with Gasteiger partial charge in [0.25, 0.3) is 5.91 Å². The van der Waals surface area contributed by atoms with Crippen LogP contribution in [0.25, 0.3) is 0 Å². The molecule has 0 spiro atoms. The molecule has 3 aromatic carbocycles. The quantitative estimate of drug-likeness (QED) is 0.469. The molecule has 0 aliphatic carbocycles. The Bertz CT molecular complexity index is 1070. The number of amides is 1. The number of hydrogen-bond donors (Lipinski definition) is 1. The van der Waals surface area contributed by atoms with Gasteiger partial charge in [0.15, 0.2) is 23.0 Å². The Morgan fingerprint density at radius 2 is 1.84 bits per heavy atom. The SMILES string of the molecule is COc1ccc(C=NNC(=O)C2COc3ccccc3O2)cc1OCc1ccccc1. The fourth-order valence-corrected chi connectivity index (χ4v) is 3.01. The Morgan fingerprint density at radius 3 is 2.65 bits per heavy atom. The van der Waals surface area contributed by atoms with E-state index in [1.54, 1.807) is 31.4 Å². The number of hydrazone groups is 1. The third-order valence-electron chi connectivity index (χ3n) is 4.61. The van der Waals surface area contributed by atoms with Crippen molar-refractivity contribution in [3.63, 3.8) is 0 Å². The lowest BCUT2D eigenvalue weighted by Gasteiger charge is -2.24. The first kappa shape index (κ1) is 20.3. The van der Waals surface area contributed by atoms with E-state index in [1.165, 1.54) is 6.21 Å². The minimum atomic E-state index is -0.771. The van der Waals surface area contributed by atoms with Crippen LogP contribution < -0.4 is 24.4 Å². The smallest absolute Gasteiger partial charge is 0.284 e. The zero-order valence-corrected chi connectivity index (χ0v) is 17.0. The lowest BCUT2D eigenvalue weighted by molar-refractivity contribution is -0.130. The molecule has 1 heterocycles. The first-order chi connectivity index (χ1) is 15.2. The topological polar surface area (TPSA) is 78.4 Å². The number of carbonyl (C=O) groups excluding carboxylic acids is 1. The average molecular weight is 418 g/mol. The summed E-state index contributed by atoms with van der Waals surface area (Å²) in [4.78, 5) is 12.4. The molecule has 0 bridgehead atoms. The van der Waals surface area contributed by atoms with Crippen molar-refractivity contribution in [1.82, 2.24) is 5.43 Å². The molecule has 1 atom stereocenters. The van der Waals surface area contributed by atoms with Gasteiger partial charge in [0.2, 0.25) is 6.10 Å². The normalized spacial score (nSPS) is 14.8. The van der Waals surface area contributed by atoms with Gasteiger partial charge in [0.05, 0.1) is 13.3 Å². The van der Waals surface area contributed by atoms with Gasteiger partial charge in [-0.1, -0.05) is 42.5 Å². The van der Waals surface area contributed by atoms with E-state index in [-0.39, 0.29) is 12.5 Å². The Balaban J connectivity index is 1.36. The molecule has 0 aromatic heterocycles. The molecule has 0 saturated heterocycles. The van der Waals surface area contributed by atoms with Gasteiger partial charge in [-0.25, -0.2) is 5.43 Å². The molecule has 0 radical (unpaired) electrons. The second-order valence-corrected chi connectivity index (χ2v) is 6.78. The maximum atomic E-state index is 12.4. The number of para-hydroxylation sites is 2. The summed E-state index contributed by atoms with van der Waals surface area (Å²) in [6.45, 7) is 0.535. The summed E-state index contributed by atoms with van der Waals surface area (Å²) in [6, 6.07) is 22.5. The number of carbonyl (C=O) groups is 1. The van der Waals surface area contributed by atoms with Crippen LogP contribution in [0.15, 0.2) is 77.9 Å². The van der Waals surface area contributed by atoms with Crippen LogP contribution in [-0.4, -0.2) is 31.9 Å². The Hall–Kier alpha value is -4.00. The van der Waals surface area contributed by atoms with Gasteiger partial charge in [-0.2, -0.15) is 5.10 Å². The van der Waals surface area contributed by atoms with Crippen molar-refractivity contribution in [3.8, 4) is 23.0 Å². The average Bonchev–Trinajstić information content (AvgIpc) is 2.83. The van der Waals surface area contributed by atoms with Gasteiger partial charge < -0.3 is 18.9 Å². The molecule has 158 valence electrons. The summed E-state index contributed by atoms with van der Waals surface area (Å²) < 4.78 is 22.5. The van der Waals surface area contributed by atoms with E-state index in [2.05, 4.69) is 10.5 Å². The van der Waals surface area contributed by atoms with E-state index in [1.807, 2.05) is 48.5 Å². The van der Waals surface area contributed by atoms with Crippen molar-refractivity contribution in [2.45, 2.75) is 12.7 Å². The van der Waals surface area contributed by atoms with Crippen LogP contribution in [0, 0.1) is 0 Å². The number of methoxy groups -OCH3 is 1. The molecule has 0 fully saturated rings. The number of ether oxygens (including phenoxy) is 4. The summed E-state index contributed by atoms with van der Waals surface area (Å²) in [5, 5.41) is 4.03. The second kappa shape index (κ2) is 9.67. The lowest BCUT2D eigenvalue weighted by Crippen LogP contribution is -2.42. The maximum absolute atomic E-state index is 12.4. The third-order valence-corrected chi connectivity index (χ3v) is 4.61. The van der Waals surface area contributed by atoms with E-state index in [0.29, 0.717) is 29.6 Å². The molecular weight excluding hydrogens is 396 g/mol. The molecule has 4 rings (SSSR count). The van der Waals surface area contributed by atoms with Crippen molar-refractivity contribution in [1.29, 1.82) is 0 Å². The molecular formula is C24H22N2O5. The Morgan fingerprint density at radius 1 is 1.06 bits per heavy atom. The predicted molar refractivity (Wildman–Crippen MR) is 116 cm³/mol. The van der Waals surface area contributed by atoms with Crippen LogP contribution in [0.1, 0.15) is 11.1 Å². The highest BCUT2D eigenvalue weighted by atomic mass is 16.6. The zero-order valence-electron chi connectivity index (χ0n) is 17.0. The van der Waals surface area contributed by atoms with Crippen LogP contribution in [-0.2, 0) is 11.4 Å². The molecule has 1 amide bonds. The van der Waals surface area contributed by atoms with Crippen molar-refractivity contribution < 1.29 is 23.7 Å². The first-order valence-electron chi connectivity index (χ1n) is 9.79. The lowest BCUT2D eigenvalue weighted by atomic mass is 10.2. The molecule has 31 heavy (non-hydrogen) atoms. The molecule has 1 N–H and O–H groups in total. The number of fused-ring (bicyclic) bond motifs is 1. The zero-order chi connectivity index (χ0) is 21.5. The fourth-order valence-electron chi connectivity index (χ4n) is 3.01. The molecule has 1 unspecified atom stereocenters. The first-order valence-corrected chi connectivity index (χ1v) is 9.79. The van der Waals surface area contributed by atoms with Crippen molar-refractivity contribution in [3.05, 3.63) is 83.9 Å². The number of nitrogens with zero attached hydrogens (tertiary/aromatic N) is 1. The van der Waals surface area contributed by atoms with Gasteiger partial charge in [0.1, 0.15) is 13.2 Å². The molecule has 1 aliphatic rings. The number of rotatable bonds is 7. The van der Waals surface area contributed by atoms with Gasteiger partial charge >= 0.3 is 0 Å². The minimum absolute atomic E-state index is 0.123. The molecule has 7 nitrogen and oxygen atoms in total. The highest BCUT2D eigenvalue weighted by molar-refractivity contribution is 5.85. The van der Waals surface area contributed by atoms with E-state index in [9.17, 15) is 4.79 Å². The summed E-state index contributed by atoms with van der Waals surface area (Å²) >= 11 is 0. The van der Waals surface area contributed by atoms with Gasteiger partial charge in [-0.05, 0) is 41.5 Å². The number of benzene rings is 3. The molecule has 0 saturated carbocycles. The van der Waals surface area contributed by atoms with Crippen molar-refractivity contribution in [2.24, 2.45) is 5.10 Å². The van der Waals surface area contributed by atoms with E-state index in [0.717, 1.165) is 11.1 Å². The largest absolute Gasteiger partial charge is 0.493 e. The van der Waals surface area contributed by atoms with E-state index >= 15 is 0 Å². The van der Waals surface area contributed by atoms with Crippen LogP contribution >= 0.6 is 0 Å². The maximum Gasteiger partial charge on any atom is 0.284 e. The van der Waals surface area contributed by atoms with Crippen molar-refractivity contribution >= 4 is 12.1 Å². The van der Waals surface area contributed by atoms with Gasteiger partial charge in [-0.15, -0.1) is 0 Å². The Kier molecular flexibility index (Phi) is 6.32. The van der Waals surface area contributed by atoms with Crippen LogP contribution in [0.2, 0.25) is 0 Å². The van der Waals surface area contributed by atoms with E-state index < -0.39 is 6.10 Å². The second-order valence-electron chi connectivity index (χ2n) is 6.78.